The monoisotopic (exact) mass is 124 g/mol. The minimum atomic E-state index is 1.01. The quantitative estimate of drug-likeness (QED) is 0.257. The van der Waals surface area contributed by atoms with Crippen molar-refractivity contribution in [3.05, 3.63) is 23.8 Å². The van der Waals surface area contributed by atoms with Gasteiger partial charge >= 0.3 is 0 Å². The summed E-state index contributed by atoms with van der Waals surface area (Å²) in [4.78, 5) is 0. The second kappa shape index (κ2) is 3.89. The van der Waals surface area contributed by atoms with Crippen molar-refractivity contribution in [3.8, 4) is 0 Å². The smallest absolute Gasteiger partial charge is 0.0494 e. The predicted molar refractivity (Wildman–Crippen MR) is 41.3 cm³/mol. The Kier molecular flexibility index (Phi) is 3.44. The molecule has 2 heteroatoms. The topological polar surface area (TPSA) is 38.4 Å². The maximum Gasteiger partial charge on any atom is 0.0494 e. The van der Waals surface area contributed by atoms with E-state index in [1.165, 1.54) is 0 Å². The van der Waals surface area contributed by atoms with Crippen LogP contribution in [0.1, 0.15) is 13.8 Å². The van der Waals surface area contributed by atoms with E-state index in [1.807, 2.05) is 19.9 Å². The number of rotatable bonds is 2. The van der Waals surface area contributed by atoms with Crippen molar-refractivity contribution < 1.29 is 0 Å². The van der Waals surface area contributed by atoms with Crippen LogP contribution < -0.4 is 5.84 Å². The molecule has 0 radical (unpaired) electrons. The number of hydrazone groups is 1. The molecule has 0 fully saturated rings. The van der Waals surface area contributed by atoms with E-state index in [1.54, 1.807) is 6.21 Å². The SMILES string of the molecule is C=C(C)/C=C(C)\C=N/N. The van der Waals surface area contributed by atoms with Crippen LogP contribution >= 0.6 is 0 Å². The van der Waals surface area contributed by atoms with Gasteiger partial charge in [-0.15, -0.1) is 0 Å². The Morgan fingerprint density at radius 2 is 2.11 bits per heavy atom. The number of hydrogen-bond acceptors (Lipinski definition) is 2. The Morgan fingerprint density at radius 3 is 2.44 bits per heavy atom. The van der Waals surface area contributed by atoms with Gasteiger partial charge in [0.25, 0.3) is 0 Å². The van der Waals surface area contributed by atoms with Crippen molar-refractivity contribution in [2.24, 2.45) is 10.9 Å². The fraction of sp³-hybridized carbons (Fsp3) is 0.286. The third-order valence-corrected chi connectivity index (χ3v) is 0.752. The van der Waals surface area contributed by atoms with Gasteiger partial charge in [0.05, 0.1) is 0 Å². The predicted octanol–water partition coefficient (Wildman–Crippen LogP) is 1.45. The normalized spacial score (nSPS) is 12.4. The molecule has 0 atom stereocenters. The zero-order valence-corrected chi connectivity index (χ0v) is 5.89. The number of nitrogens with two attached hydrogens (primary N) is 1. The Balaban J connectivity index is 4.00. The standard InChI is InChI=1S/C7H12N2/c1-6(2)4-7(3)5-9-8/h4-5H,1,8H2,2-3H3/b7-4-,9-5-. The summed E-state index contributed by atoms with van der Waals surface area (Å²) in [5, 5.41) is 3.35. The van der Waals surface area contributed by atoms with Gasteiger partial charge in [-0.2, -0.15) is 5.10 Å². The molecule has 0 aliphatic carbocycles. The van der Waals surface area contributed by atoms with Gasteiger partial charge in [-0.25, -0.2) is 0 Å². The minimum Gasteiger partial charge on any atom is -0.323 e. The molecule has 0 aromatic rings. The van der Waals surface area contributed by atoms with Crippen LogP contribution in [0.4, 0.5) is 0 Å². The fourth-order valence-electron chi connectivity index (χ4n) is 0.543. The van der Waals surface area contributed by atoms with E-state index in [4.69, 9.17) is 5.84 Å². The summed E-state index contributed by atoms with van der Waals surface area (Å²) in [5.74, 6) is 4.90. The third-order valence-electron chi connectivity index (χ3n) is 0.752. The molecule has 50 valence electrons. The van der Waals surface area contributed by atoms with Gasteiger partial charge in [0, 0.05) is 6.21 Å². The van der Waals surface area contributed by atoms with Crippen molar-refractivity contribution in [1.82, 2.24) is 0 Å². The van der Waals surface area contributed by atoms with Gasteiger partial charge in [-0.1, -0.05) is 18.2 Å². The van der Waals surface area contributed by atoms with E-state index in [0.717, 1.165) is 11.1 Å². The minimum absolute atomic E-state index is 1.01. The first-order valence-electron chi connectivity index (χ1n) is 2.74. The maximum absolute atomic E-state index is 4.90. The molecular weight excluding hydrogens is 112 g/mol. The van der Waals surface area contributed by atoms with Crippen molar-refractivity contribution in [2.75, 3.05) is 0 Å². The van der Waals surface area contributed by atoms with E-state index in [0.29, 0.717) is 0 Å². The molecule has 0 heterocycles. The van der Waals surface area contributed by atoms with Crippen LogP contribution in [0, 0.1) is 0 Å². The molecule has 2 N–H and O–H groups in total. The average Bonchev–Trinajstić information content (AvgIpc) is 1.63. The lowest BCUT2D eigenvalue weighted by Gasteiger charge is -1.88. The third kappa shape index (κ3) is 4.81. The second-order valence-electron chi connectivity index (χ2n) is 2.01. The van der Waals surface area contributed by atoms with Crippen molar-refractivity contribution >= 4 is 6.21 Å². The molecule has 0 aliphatic rings. The number of hydrogen-bond donors (Lipinski definition) is 1. The molecule has 9 heavy (non-hydrogen) atoms. The molecule has 0 spiro atoms. The molecule has 0 rings (SSSR count). The van der Waals surface area contributed by atoms with E-state index in [-0.39, 0.29) is 0 Å². The molecule has 2 nitrogen and oxygen atoms in total. The Labute approximate surface area is 55.8 Å². The highest BCUT2D eigenvalue weighted by Gasteiger charge is 1.80. The van der Waals surface area contributed by atoms with Crippen LogP contribution in [0.3, 0.4) is 0 Å². The first-order chi connectivity index (χ1) is 4.16. The van der Waals surface area contributed by atoms with Crippen LogP contribution in [0.15, 0.2) is 28.9 Å². The lowest BCUT2D eigenvalue weighted by atomic mass is 10.2. The van der Waals surface area contributed by atoms with Crippen LogP contribution in [-0.4, -0.2) is 6.21 Å². The van der Waals surface area contributed by atoms with Crippen LogP contribution in [0.2, 0.25) is 0 Å². The van der Waals surface area contributed by atoms with E-state index < -0.39 is 0 Å². The van der Waals surface area contributed by atoms with Crippen molar-refractivity contribution in [2.45, 2.75) is 13.8 Å². The molecule has 0 bridgehead atoms. The van der Waals surface area contributed by atoms with Crippen LogP contribution in [-0.2, 0) is 0 Å². The Bertz CT molecular complexity index is 154. The molecule has 0 unspecified atom stereocenters. The Morgan fingerprint density at radius 1 is 1.56 bits per heavy atom. The fourth-order valence-corrected chi connectivity index (χ4v) is 0.543. The van der Waals surface area contributed by atoms with Gasteiger partial charge in [0.1, 0.15) is 0 Å². The Hall–Kier alpha value is -1.05. The van der Waals surface area contributed by atoms with Gasteiger partial charge in [0.2, 0.25) is 0 Å². The summed E-state index contributed by atoms with van der Waals surface area (Å²) >= 11 is 0. The van der Waals surface area contributed by atoms with Gasteiger partial charge in [-0.3, -0.25) is 0 Å². The number of nitrogens with zero attached hydrogens (tertiary/aromatic N) is 1. The summed E-state index contributed by atoms with van der Waals surface area (Å²) in [7, 11) is 0. The molecule has 0 aromatic heterocycles. The van der Waals surface area contributed by atoms with E-state index in [2.05, 4.69) is 11.7 Å². The summed E-state index contributed by atoms with van der Waals surface area (Å²) < 4.78 is 0. The highest BCUT2D eigenvalue weighted by molar-refractivity contribution is 5.78. The van der Waals surface area contributed by atoms with Gasteiger partial charge < -0.3 is 5.84 Å². The first kappa shape index (κ1) is 7.95. The van der Waals surface area contributed by atoms with Gasteiger partial charge in [0.15, 0.2) is 0 Å². The zero-order chi connectivity index (χ0) is 7.28. The molecule has 0 amide bonds. The van der Waals surface area contributed by atoms with Crippen LogP contribution in [0.5, 0.6) is 0 Å². The zero-order valence-electron chi connectivity index (χ0n) is 5.89. The summed E-state index contributed by atoms with van der Waals surface area (Å²) in [6, 6.07) is 0. The van der Waals surface area contributed by atoms with E-state index in [9.17, 15) is 0 Å². The average molecular weight is 124 g/mol. The molecular formula is C7H12N2. The van der Waals surface area contributed by atoms with E-state index >= 15 is 0 Å². The molecule has 0 aliphatic heterocycles. The maximum atomic E-state index is 4.90. The highest BCUT2D eigenvalue weighted by Crippen LogP contribution is 1.94. The lowest BCUT2D eigenvalue weighted by Crippen LogP contribution is -1.84. The summed E-state index contributed by atoms with van der Waals surface area (Å²) in [6.07, 6.45) is 3.50. The van der Waals surface area contributed by atoms with Crippen molar-refractivity contribution in [3.63, 3.8) is 0 Å². The molecule has 0 aromatic carbocycles. The van der Waals surface area contributed by atoms with Gasteiger partial charge in [-0.05, 0) is 19.4 Å². The number of allylic oxidation sites excluding steroid dienone is 3. The first-order valence-corrected chi connectivity index (χ1v) is 2.74. The molecule has 0 saturated carbocycles. The molecule has 0 saturated heterocycles. The lowest BCUT2D eigenvalue weighted by molar-refractivity contribution is 1.26. The second-order valence-corrected chi connectivity index (χ2v) is 2.01. The highest BCUT2D eigenvalue weighted by atomic mass is 15.1. The van der Waals surface area contributed by atoms with Crippen LogP contribution in [0.25, 0.3) is 0 Å². The van der Waals surface area contributed by atoms with Crippen molar-refractivity contribution in [1.29, 1.82) is 0 Å². The summed E-state index contributed by atoms with van der Waals surface area (Å²) in [5.41, 5.74) is 2.03. The largest absolute Gasteiger partial charge is 0.323 e. The summed E-state index contributed by atoms with van der Waals surface area (Å²) in [6.45, 7) is 7.54.